The van der Waals surface area contributed by atoms with Gasteiger partial charge in [-0.1, -0.05) is 30.3 Å². The van der Waals surface area contributed by atoms with Crippen molar-refractivity contribution < 1.29 is 9.21 Å². The van der Waals surface area contributed by atoms with Crippen LogP contribution in [0.25, 0.3) is 11.0 Å². The van der Waals surface area contributed by atoms with Crippen molar-refractivity contribution in [3.05, 3.63) is 98.7 Å². The van der Waals surface area contributed by atoms with E-state index in [1.54, 1.807) is 17.2 Å². The number of carbonyl (C=O) groups is 1. The number of H-pyrrole nitrogens is 1. The number of benzene rings is 1. The quantitative estimate of drug-likeness (QED) is 0.521. The fourth-order valence-corrected chi connectivity index (χ4v) is 3.70. The summed E-state index contributed by atoms with van der Waals surface area (Å²) in [6, 6.07) is 14.8. The highest BCUT2D eigenvalue weighted by molar-refractivity contribution is 5.96. The third-order valence-corrected chi connectivity index (χ3v) is 5.37. The van der Waals surface area contributed by atoms with Crippen molar-refractivity contribution in [3.8, 4) is 0 Å². The van der Waals surface area contributed by atoms with Gasteiger partial charge >= 0.3 is 5.69 Å². The summed E-state index contributed by atoms with van der Waals surface area (Å²) in [5.74, 6) is 0.372. The van der Waals surface area contributed by atoms with E-state index in [0.29, 0.717) is 18.0 Å². The first-order valence-corrected chi connectivity index (χ1v) is 10.1. The number of nitrogens with zero attached hydrogens (tertiary/aromatic N) is 3. The number of pyridine rings is 1. The van der Waals surface area contributed by atoms with E-state index in [9.17, 15) is 14.4 Å². The highest BCUT2D eigenvalue weighted by atomic mass is 16.3. The average Bonchev–Trinajstić information content (AvgIpc) is 3.48. The van der Waals surface area contributed by atoms with Crippen LogP contribution in [0.1, 0.15) is 40.6 Å². The third-order valence-electron chi connectivity index (χ3n) is 5.37. The lowest BCUT2D eigenvalue weighted by Gasteiger charge is -2.22. The standard InChI is InChI=1S/C23H20N4O4/c28-21-19-11-16(12-24-20(19)27(17-8-9-17)23(30)25-21)22(29)26(14-18-7-4-10-31-18)13-15-5-2-1-3-6-15/h1-7,10-12,17H,8-9,13-14H2,(H,25,28,30). The van der Waals surface area contributed by atoms with Crippen LogP contribution in [-0.4, -0.2) is 25.3 Å². The summed E-state index contributed by atoms with van der Waals surface area (Å²) in [5.41, 5.74) is 0.557. The largest absolute Gasteiger partial charge is 0.467 e. The molecular formula is C23H20N4O4. The van der Waals surface area contributed by atoms with Crippen molar-refractivity contribution in [2.75, 3.05) is 0 Å². The van der Waals surface area contributed by atoms with Crippen molar-refractivity contribution in [2.45, 2.75) is 32.0 Å². The number of aromatic nitrogens is 3. The van der Waals surface area contributed by atoms with Gasteiger partial charge in [0.1, 0.15) is 11.4 Å². The molecule has 0 aliphatic heterocycles. The SMILES string of the molecule is O=C(c1cnc2c(c1)c(=O)[nH]c(=O)n2C1CC1)N(Cc1ccccc1)Cc1ccco1. The number of furan rings is 1. The molecule has 1 fully saturated rings. The number of nitrogens with one attached hydrogen (secondary N) is 1. The van der Waals surface area contributed by atoms with Crippen molar-refractivity contribution >= 4 is 16.9 Å². The second-order valence-corrected chi connectivity index (χ2v) is 7.68. The molecule has 4 aromatic rings. The zero-order valence-electron chi connectivity index (χ0n) is 16.7. The number of rotatable bonds is 6. The van der Waals surface area contributed by atoms with Crippen molar-refractivity contribution in [1.29, 1.82) is 0 Å². The van der Waals surface area contributed by atoms with Gasteiger partial charge in [0, 0.05) is 18.8 Å². The van der Waals surface area contributed by atoms with Crippen LogP contribution in [0.4, 0.5) is 0 Å². The molecule has 156 valence electrons. The summed E-state index contributed by atoms with van der Waals surface area (Å²) in [6.07, 6.45) is 4.74. The normalized spacial score (nSPS) is 13.4. The summed E-state index contributed by atoms with van der Waals surface area (Å²) in [5, 5.41) is 0.231. The fourth-order valence-electron chi connectivity index (χ4n) is 3.70. The van der Waals surface area contributed by atoms with Crippen LogP contribution in [0, 0.1) is 0 Å². The summed E-state index contributed by atoms with van der Waals surface area (Å²) < 4.78 is 6.95. The molecule has 8 nitrogen and oxygen atoms in total. The molecule has 0 spiro atoms. The first-order chi connectivity index (χ1) is 15.1. The molecule has 0 atom stereocenters. The van der Waals surface area contributed by atoms with Crippen molar-refractivity contribution in [2.24, 2.45) is 0 Å². The van der Waals surface area contributed by atoms with E-state index in [4.69, 9.17) is 4.42 Å². The molecule has 1 amide bonds. The van der Waals surface area contributed by atoms with Crippen LogP contribution >= 0.6 is 0 Å². The molecule has 0 radical (unpaired) electrons. The van der Waals surface area contributed by atoms with Gasteiger partial charge in [-0.3, -0.25) is 19.1 Å². The van der Waals surface area contributed by atoms with Crippen molar-refractivity contribution in [1.82, 2.24) is 19.4 Å². The highest BCUT2D eigenvalue weighted by Crippen LogP contribution is 2.34. The van der Waals surface area contributed by atoms with E-state index in [0.717, 1.165) is 18.4 Å². The van der Waals surface area contributed by atoms with Gasteiger partial charge in [0.2, 0.25) is 0 Å². The minimum absolute atomic E-state index is 0.0504. The Morgan fingerprint density at radius 1 is 1.13 bits per heavy atom. The minimum Gasteiger partial charge on any atom is -0.467 e. The van der Waals surface area contributed by atoms with E-state index in [2.05, 4.69) is 9.97 Å². The Balaban J connectivity index is 1.53. The van der Waals surface area contributed by atoms with Gasteiger partial charge in [0.25, 0.3) is 11.5 Å². The van der Waals surface area contributed by atoms with E-state index >= 15 is 0 Å². The summed E-state index contributed by atoms with van der Waals surface area (Å²) >= 11 is 0. The fraction of sp³-hybridized carbons (Fsp3) is 0.217. The first-order valence-electron chi connectivity index (χ1n) is 10.1. The molecule has 3 aromatic heterocycles. The molecule has 1 N–H and O–H groups in total. The molecule has 0 unspecified atom stereocenters. The summed E-state index contributed by atoms with van der Waals surface area (Å²) in [7, 11) is 0. The Kier molecular flexibility index (Phi) is 4.74. The molecule has 5 rings (SSSR count). The Bertz CT molecular complexity index is 1350. The van der Waals surface area contributed by atoms with E-state index in [1.165, 1.54) is 16.8 Å². The number of aromatic amines is 1. The van der Waals surface area contributed by atoms with Crippen LogP contribution in [0.2, 0.25) is 0 Å². The Labute approximate surface area is 176 Å². The van der Waals surface area contributed by atoms with Crippen LogP contribution in [-0.2, 0) is 13.1 Å². The maximum absolute atomic E-state index is 13.4. The summed E-state index contributed by atoms with van der Waals surface area (Å²) in [4.78, 5) is 46.4. The second kappa shape index (κ2) is 7.71. The molecular weight excluding hydrogens is 396 g/mol. The van der Waals surface area contributed by atoms with Gasteiger partial charge < -0.3 is 9.32 Å². The van der Waals surface area contributed by atoms with Gasteiger partial charge in [-0.15, -0.1) is 0 Å². The average molecular weight is 416 g/mol. The molecule has 8 heteroatoms. The predicted molar refractivity (Wildman–Crippen MR) is 114 cm³/mol. The zero-order chi connectivity index (χ0) is 21.4. The van der Waals surface area contributed by atoms with Crippen LogP contribution in [0.3, 0.4) is 0 Å². The lowest BCUT2D eigenvalue weighted by atomic mass is 10.1. The molecule has 3 heterocycles. The molecule has 1 saturated carbocycles. The van der Waals surface area contributed by atoms with E-state index in [1.807, 2.05) is 36.4 Å². The molecule has 1 aliphatic rings. The maximum Gasteiger partial charge on any atom is 0.330 e. The van der Waals surface area contributed by atoms with E-state index < -0.39 is 11.2 Å². The molecule has 0 saturated heterocycles. The lowest BCUT2D eigenvalue weighted by molar-refractivity contribution is 0.0717. The Morgan fingerprint density at radius 2 is 1.94 bits per heavy atom. The third kappa shape index (κ3) is 3.79. The van der Waals surface area contributed by atoms with Crippen LogP contribution in [0.15, 0.2) is 75.0 Å². The van der Waals surface area contributed by atoms with Crippen LogP contribution in [0.5, 0.6) is 0 Å². The van der Waals surface area contributed by atoms with Gasteiger partial charge in [0.15, 0.2) is 0 Å². The lowest BCUT2D eigenvalue weighted by Crippen LogP contribution is -2.32. The number of hydrogen-bond donors (Lipinski definition) is 1. The maximum atomic E-state index is 13.4. The van der Waals surface area contributed by atoms with E-state index in [-0.39, 0.29) is 29.4 Å². The number of hydrogen-bond acceptors (Lipinski definition) is 5. The zero-order valence-corrected chi connectivity index (χ0v) is 16.7. The number of amides is 1. The molecule has 31 heavy (non-hydrogen) atoms. The second-order valence-electron chi connectivity index (χ2n) is 7.68. The molecule has 0 bridgehead atoms. The summed E-state index contributed by atoms with van der Waals surface area (Å²) in [6.45, 7) is 0.646. The Morgan fingerprint density at radius 3 is 2.65 bits per heavy atom. The first kappa shape index (κ1) is 19.0. The highest BCUT2D eigenvalue weighted by Gasteiger charge is 2.28. The molecule has 1 aliphatic carbocycles. The van der Waals surface area contributed by atoms with Gasteiger partial charge in [-0.25, -0.2) is 9.78 Å². The minimum atomic E-state index is -0.542. The molecule has 1 aromatic carbocycles. The topological polar surface area (TPSA) is 101 Å². The Hall–Kier alpha value is -3.94. The van der Waals surface area contributed by atoms with Gasteiger partial charge in [-0.2, -0.15) is 0 Å². The van der Waals surface area contributed by atoms with Gasteiger partial charge in [0.05, 0.1) is 23.8 Å². The smallest absolute Gasteiger partial charge is 0.330 e. The predicted octanol–water partition coefficient (Wildman–Crippen LogP) is 2.86. The number of carbonyl (C=O) groups excluding carboxylic acids is 1. The van der Waals surface area contributed by atoms with Crippen LogP contribution < -0.4 is 11.2 Å². The van der Waals surface area contributed by atoms with Crippen molar-refractivity contribution in [3.63, 3.8) is 0 Å². The monoisotopic (exact) mass is 416 g/mol. The van der Waals surface area contributed by atoms with Gasteiger partial charge in [-0.05, 0) is 36.6 Å². The number of fused-ring (bicyclic) bond motifs is 1.